The van der Waals surface area contributed by atoms with Crippen LogP contribution in [0.3, 0.4) is 0 Å². The molecule has 1 fully saturated rings. The Bertz CT molecular complexity index is 878. The van der Waals surface area contributed by atoms with Crippen LogP contribution in [-0.4, -0.2) is 50.4 Å². The van der Waals surface area contributed by atoms with Gasteiger partial charge in [0.1, 0.15) is 5.82 Å². The van der Waals surface area contributed by atoms with Crippen molar-refractivity contribution in [1.29, 1.82) is 5.26 Å². The van der Waals surface area contributed by atoms with Crippen LogP contribution >= 0.6 is 24.0 Å². The fourth-order valence-corrected chi connectivity index (χ4v) is 3.72. The highest BCUT2D eigenvalue weighted by Crippen LogP contribution is 2.28. The molecule has 0 atom stereocenters. The molecule has 0 spiro atoms. The van der Waals surface area contributed by atoms with Gasteiger partial charge in [-0.05, 0) is 31.0 Å². The van der Waals surface area contributed by atoms with Gasteiger partial charge in [-0.2, -0.15) is 22.7 Å². The van der Waals surface area contributed by atoms with Crippen molar-refractivity contribution in [2.24, 2.45) is 4.99 Å². The van der Waals surface area contributed by atoms with Gasteiger partial charge in [-0.3, -0.25) is 4.99 Å². The SMILES string of the molecule is CN=C(NCc1cc(C#N)ccc1F)NC1CCN(S(=O)(=O)C(F)(F)F)CC1.I. The molecular weight excluding hydrogens is 529 g/mol. The van der Waals surface area contributed by atoms with Crippen molar-refractivity contribution < 1.29 is 26.0 Å². The van der Waals surface area contributed by atoms with Crippen LogP contribution in [0.15, 0.2) is 23.2 Å². The molecule has 0 bridgehead atoms. The smallest absolute Gasteiger partial charge is 0.354 e. The summed E-state index contributed by atoms with van der Waals surface area (Å²) < 4.78 is 74.9. The molecular formula is C16H20F4IN5O2S. The molecule has 13 heteroatoms. The first-order valence-electron chi connectivity index (χ1n) is 8.30. The zero-order valence-corrected chi connectivity index (χ0v) is 18.5. The monoisotopic (exact) mass is 549 g/mol. The fourth-order valence-electron chi connectivity index (χ4n) is 2.73. The summed E-state index contributed by atoms with van der Waals surface area (Å²) in [6.45, 7) is -0.493. The predicted molar refractivity (Wildman–Crippen MR) is 109 cm³/mol. The number of guanidine groups is 1. The standard InChI is InChI=1S/C16H19F4N5O2S.HI/c1-22-15(23-10-12-8-11(9-21)2-3-14(12)17)24-13-4-6-25(7-5-13)28(26,27)16(18,19)20;/h2-3,8,13H,4-7,10H2,1H3,(H2,22,23,24);1H. The van der Waals surface area contributed by atoms with E-state index in [1.165, 1.54) is 25.2 Å². The van der Waals surface area contributed by atoms with Gasteiger partial charge in [-0.1, -0.05) is 0 Å². The average molecular weight is 549 g/mol. The third kappa shape index (κ3) is 6.41. The third-order valence-corrected chi connectivity index (χ3v) is 5.90. The Balaban J connectivity index is 0.00000420. The summed E-state index contributed by atoms with van der Waals surface area (Å²) in [5.41, 5.74) is -4.75. The highest BCUT2D eigenvalue weighted by atomic mass is 127. The van der Waals surface area contributed by atoms with E-state index in [1.54, 1.807) is 0 Å². The average Bonchev–Trinajstić information content (AvgIpc) is 2.65. The number of alkyl halides is 3. The van der Waals surface area contributed by atoms with Gasteiger partial charge >= 0.3 is 15.5 Å². The minimum atomic E-state index is -5.32. The van der Waals surface area contributed by atoms with Gasteiger partial charge in [-0.15, -0.1) is 24.0 Å². The van der Waals surface area contributed by atoms with Crippen molar-refractivity contribution in [1.82, 2.24) is 14.9 Å². The molecule has 0 aliphatic carbocycles. The molecule has 1 saturated heterocycles. The number of halogens is 5. The van der Waals surface area contributed by atoms with E-state index in [1.807, 2.05) is 6.07 Å². The Morgan fingerprint density at radius 1 is 1.34 bits per heavy atom. The lowest BCUT2D eigenvalue weighted by atomic mass is 10.1. The van der Waals surface area contributed by atoms with Crippen LogP contribution in [0.4, 0.5) is 17.6 Å². The molecule has 0 amide bonds. The first-order chi connectivity index (χ1) is 13.1. The number of nitriles is 1. The van der Waals surface area contributed by atoms with Crippen LogP contribution in [0.1, 0.15) is 24.0 Å². The molecule has 0 unspecified atom stereocenters. The van der Waals surface area contributed by atoms with E-state index < -0.39 is 21.3 Å². The Labute approximate surface area is 183 Å². The normalized spacial score (nSPS) is 16.6. The summed E-state index contributed by atoms with van der Waals surface area (Å²) in [6, 6.07) is 5.56. The lowest BCUT2D eigenvalue weighted by Crippen LogP contribution is -2.51. The van der Waals surface area contributed by atoms with Gasteiger partial charge in [-0.25, -0.2) is 12.8 Å². The van der Waals surface area contributed by atoms with Gasteiger partial charge in [0.2, 0.25) is 0 Å². The quantitative estimate of drug-likeness (QED) is 0.260. The lowest BCUT2D eigenvalue weighted by Gasteiger charge is -2.32. The Kier molecular flexibility index (Phi) is 9.09. The summed E-state index contributed by atoms with van der Waals surface area (Å²) in [5.74, 6) is -0.202. The van der Waals surface area contributed by atoms with Gasteiger partial charge in [0.25, 0.3) is 0 Å². The summed E-state index contributed by atoms with van der Waals surface area (Å²) in [4.78, 5) is 3.97. The Morgan fingerprint density at radius 3 is 2.48 bits per heavy atom. The third-order valence-electron chi connectivity index (χ3n) is 4.27. The van der Waals surface area contributed by atoms with E-state index >= 15 is 0 Å². The van der Waals surface area contributed by atoms with Crippen molar-refractivity contribution in [3.63, 3.8) is 0 Å². The van der Waals surface area contributed by atoms with Crippen LogP contribution in [0.2, 0.25) is 0 Å². The molecule has 2 rings (SSSR count). The number of aliphatic imine (C=N–C) groups is 1. The number of hydrogen-bond donors (Lipinski definition) is 2. The largest absolute Gasteiger partial charge is 0.511 e. The second-order valence-electron chi connectivity index (χ2n) is 6.11. The predicted octanol–water partition coefficient (Wildman–Crippen LogP) is 2.29. The maximum atomic E-state index is 13.8. The van der Waals surface area contributed by atoms with E-state index in [0.29, 0.717) is 15.8 Å². The maximum absolute atomic E-state index is 13.8. The summed E-state index contributed by atoms with van der Waals surface area (Å²) in [5, 5.41) is 14.7. The minimum absolute atomic E-state index is 0. The molecule has 7 nitrogen and oxygen atoms in total. The van der Waals surface area contributed by atoms with Crippen molar-refractivity contribution in [3.8, 4) is 6.07 Å². The van der Waals surface area contributed by atoms with Crippen LogP contribution in [-0.2, 0) is 16.6 Å². The van der Waals surface area contributed by atoms with Crippen LogP contribution in [0, 0.1) is 17.1 Å². The van der Waals surface area contributed by atoms with Gasteiger partial charge < -0.3 is 10.6 Å². The number of nitrogens with one attached hydrogen (secondary N) is 2. The zero-order valence-electron chi connectivity index (χ0n) is 15.3. The number of benzene rings is 1. The van der Waals surface area contributed by atoms with Gasteiger partial charge in [0.15, 0.2) is 5.96 Å². The summed E-state index contributed by atoms with van der Waals surface area (Å²) in [7, 11) is -3.85. The minimum Gasteiger partial charge on any atom is -0.354 e. The second kappa shape index (κ2) is 10.4. The van der Waals surface area contributed by atoms with Crippen LogP contribution in [0.5, 0.6) is 0 Å². The molecule has 1 aliphatic heterocycles. The summed E-state index contributed by atoms with van der Waals surface area (Å²) >= 11 is 0. The topological polar surface area (TPSA) is 97.6 Å². The molecule has 1 aliphatic rings. The van der Waals surface area contributed by atoms with Crippen LogP contribution < -0.4 is 10.6 Å². The van der Waals surface area contributed by atoms with Crippen molar-refractivity contribution in [2.45, 2.75) is 30.9 Å². The molecule has 1 aromatic rings. The van der Waals surface area contributed by atoms with Crippen molar-refractivity contribution >= 4 is 40.0 Å². The Hall–Kier alpha value is -1.66. The number of nitrogens with zero attached hydrogens (tertiary/aromatic N) is 3. The van der Waals surface area contributed by atoms with Gasteiger partial charge in [0, 0.05) is 38.3 Å². The molecule has 0 radical (unpaired) electrons. The molecule has 1 aromatic carbocycles. The van der Waals surface area contributed by atoms with E-state index in [-0.39, 0.29) is 68.1 Å². The van der Waals surface area contributed by atoms with E-state index in [4.69, 9.17) is 5.26 Å². The van der Waals surface area contributed by atoms with Crippen molar-refractivity contribution in [2.75, 3.05) is 20.1 Å². The number of hydrogen-bond acceptors (Lipinski definition) is 4. The van der Waals surface area contributed by atoms with E-state index in [9.17, 15) is 26.0 Å². The molecule has 2 N–H and O–H groups in total. The fraction of sp³-hybridized carbons (Fsp3) is 0.500. The first-order valence-corrected chi connectivity index (χ1v) is 9.74. The van der Waals surface area contributed by atoms with Crippen molar-refractivity contribution in [3.05, 3.63) is 35.1 Å². The van der Waals surface area contributed by atoms with Crippen LogP contribution in [0.25, 0.3) is 0 Å². The Morgan fingerprint density at radius 2 is 1.97 bits per heavy atom. The molecule has 29 heavy (non-hydrogen) atoms. The summed E-state index contributed by atoms with van der Waals surface area (Å²) in [6.07, 6.45) is 0.322. The second-order valence-corrected chi connectivity index (χ2v) is 8.04. The maximum Gasteiger partial charge on any atom is 0.511 e. The highest BCUT2D eigenvalue weighted by Gasteiger charge is 2.50. The molecule has 162 valence electrons. The number of sulfonamides is 1. The van der Waals surface area contributed by atoms with Gasteiger partial charge in [0.05, 0.1) is 11.6 Å². The lowest BCUT2D eigenvalue weighted by molar-refractivity contribution is -0.0494. The molecule has 1 heterocycles. The highest BCUT2D eigenvalue weighted by molar-refractivity contribution is 14.0. The van der Waals surface area contributed by atoms with E-state index in [0.717, 1.165) is 0 Å². The first kappa shape index (κ1) is 25.4. The molecule has 0 saturated carbocycles. The number of rotatable bonds is 4. The zero-order chi connectivity index (χ0) is 20.9. The number of piperidine rings is 1. The molecule has 0 aromatic heterocycles. The van der Waals surface area contributed by atoms with E-state index in [2.05, 4.69) is 15.6 Å².